The molecule has 0 fully saturated rings. The number of aryl methyl sites for hydroxylation is 1. The summed E-state index contributed by atoms with van der Waals surface area (Å²) in [5.74, 6) is -0.556. The zero-order valence-corrected chi connectivity index (χ0v) is 19.0. The maximum atomic E-state index is 12.3. The number of rotatable bonds is 9. The second-order valence-electron chi connectivity index (χ2n) is 8.52. The van der Waals surface area contributed by atoms with Gasteiger partial charge in [0, 0.05) is 0 Å². The summed E-state index contributed by atoms with van der Waals surface area (Å²) in [4.78, 5) is 29.8. The molecule has 28 heavy (non-hydrogen) atoms. The summed E-state index contributed by atoms with van der Waals surface area (Å²) in [6.45, 7) is 13.8. The van der Waals surface area contributed by atoms with Gasteiger partial charge in [-0.15, -0.1) is 6.58 Å². The third-order valence-electron chi connectivity index (χ3n) is 4.44. The lowest BCUT2D eigenvalue weighted by molar-refractivity contribution is -0.219. The molecule has 1 unspecified atom stereocenters. The van der Waals surface area contributed by atoms with E-state index in [1.807, 2.05) is 6.08 Å². The molecule has 156 valence electrons. The first kappa shape index (κ1) is 23.9. The molecule has 0 aliphatic rings. The van der Waals surface area contributed by atoms with Crippen molar-refractivity contribution in [3.05, 3.63) is 42.5 Å². The molecule has 1 rings (SSSR count). The third kappa shape index (κ3) is 7.13. The summed E-state index contributed by atoms with van der Waals surface area (Å²) >= 11 is 0. The maximum absolute atomic E-state index is 12.3. The first-order valence-electron chi connectivity index (χ1n) is 9.47. The van der Waals surface area contributed by atoms with Gasteiger partial charge in [-0.05, 0) is 45.2 Å². The second kappa shape index (κ2) is 9.89. The number of nitrogens with two attached hydrogens (primary N) is 1. The minimum Gasteiger partial charge on any atom is -0.467 e. The van der Waals surface area contributed by atoms with Crippen molar-refractivity contribution in [2.24, 2.45) is 5.73 Å². The van der Waals surface area contributed by atoms with Crippen molar-refractivity contribution in [1.29, 1.82) is 0 Å². The molecule has 0 bridgehead atoms. The monoisotopic (exact) mass is 406 g/mol. The Kier molecular flexibility index (Phi) is 8.44. The van der Waals surface area contributed by atoms with Gasteiger partial charge in [-0.1, -0.05) is 48.6 Å². The van der Waals surface area contributed by atoms with E-state index < -0.39 is 31.7 Å². The molecule has 0 aliphatic carbocycles. The Morgan fingerprint density at radius 3 is 2.25 bits per heavy atom. The number of benzene rings is 1. The highest BCUT2D eigenvalue weighted by atomic mass is 28.3. The lowest BCUT2D eigenvalue weighted by Gasteiger charge is -2.33. The summed E-state index contributed by atoms with van der Waals surface area (Å²) in [5, 5.41) is 2.29. The summed E-state index contributed by atoms with van der Waals surface area (Å²) in [5.41, 5.74) is 5.85. The van der Waals surface area contributed by atoms with Crippen molar-refractivity contribution in [3.63, 3.8) is 0 Å². The van der Waals surface area contributed by atoms with E-state index in [-0.39, 0.29) is 0 Å². The molecule has 6 nitrogen and oxygen atoms in total. The van der Waals surface area contributed by atoms with Crippen LogP contribution in [0.2, 0.25) is 19.1 Å². The molecule has 1 aromatic carbocycles. The van der Waals surface area contributed by atoms with E-state index >= 15 is 0 Å². The summed E-state index contributed by atoms with van der Waals surface area (Å²) < 4.78 is 4.86. The summed E-state index contributed by atoms with van der Waals surface area (Å²) in [6, 6.07) is 7.73. The van der Waals surface area contributed by atoms with E-state index in [2.05, 4.69) is 43.9 Å². The topological polar surface area (TPSA) is 81.9 Å². The van der Waals surface area contributed by atoms with Crippen LogP contribution in [-0.4, -0.2) is 43.9 Å². The van der Waals surface area contributed by atoms with Gasteiger partial charge in [0.15, 0.2) is 6.04 Å². The van der Waals surface area contributed by atoms with Gasteiger partial charge in [0.2, 0.25) is 0 Å². The van der Waals surface area contributed by atoms with E-state index in [1.54, 1.807) is 20.8 Å². The Morgan fingerprint density at radius 2 is 1.82 bits per heavy atom. The fraction of sp³-hybridized carbons (Fsp3) is 0.524. The number of esters is 1. The molecule has 7 heteroatoms. The number of primary amides is 1. The number of nitrogens with zero attached hydrogens (tertiary/aromatic N) is 1. The van der Waals surface area contributed by atoms with Crippen LogP contribution >= 0.6 is 0 Å². The molecule has 0 saturated heterocycles. The van der Waals surface area contributed by atoms with E-state index in [9.17, 15) is 9.59 Å². The average molecular weight is 407 g/mol. The van der Waals surface area contributed by atoms with Gasteiger partial charge in [0.1, 0.15) is 0 Å². The van der Waals surface area contributed by atoms with E-state index in [0.717, 1.165) is 16.7 Å². The lowest BCUT2D eigenvalue weighted by atomic mass is 10.0. The predicted octanol–water partition coefficient (Wildman–Crippen LogP) is 3.37. The van der Waals surface area contributed by atoms with Crippen molar-refractivity contribution in [2.75, 3.05) is 7.11 Å². The number of urea groups is 1. The molecule has 2 amide bonds. The van der Waals surface area contributed by atoms with Gasteiger partial charge in [-0.3, -0.25) is 4.84 Å². The predicted molar refractivity (Wildman–Crippen MR) is 115 cm³/mol. The molecule has 0 heterocycles. The molecule has 0 spiro atoms. The van der Waals surface area contributed by atoms with E-state index in [0.29, 0.717) is 12.8 Å². The Balaban J connectivity index is 2.95. The van der Waals surface area contributed by atoms with Crippen LogP contribution in [0.1, 0.15) is 32.8 Å². The maximum Gasteiger partial charge on any atom is 0.339 e. The third-order valence-corrected chi connectivity index (χ3v) is 7.65. The van der Waals surface area contributed by atoms with Crippen molar-refractivity contribution in [2.45, 2.75) is 64.4 Å². The number of allylic oxidation sites excluding steroid dienone is 1. The fourth-order valence-electron chi connectivity index (χ4n) is 2.93. The highest BCUT2D eigenvalue weighted by molar-refractivity contribution is 6.90. The molecule has 1 aromatic rings. The normalized spacial score (nSPS) is 12.9. The molecule has 0 aliphatic heterocycles. The Bertz CT molecular complexity index is 681. The van der Waals surface area contributed by atoms with E-state index in [4.69, 9.17) is 15.3 Å². The summed E-state index contributed by atoms with van der Waals surface area (Å²) in [7, 11) is -0.228. The number of hydrogen-bond acceptors (Lipinski definition) is 4. The van der Waals surface area contributed by atoms with Gasteiger partial charge in [-0.2, -0.15) is 5.06 Å². The number of amides is 2. The highest BCUT2D eigenvalue weighted by Crippen LogP contribution is 2.18. The van der Waals surface area contributed by atoms with Crippen LogP contribution in [0.15, 0.2) is 36.9 Å². The van der Waals surface area contributed by atoms with Gasteiger partial charge in [0.25, 0.3) is 0 Å². The van der Waals surface area contributed by atoms with Gasteiger partial charge in [0.05, 0.1) is 20.8 Å². The van der Waals surface area contributed by atoms with Crippen LogP contribution in [0.4, 0.5) is 4.79 Å². The van der Waals surface area contributed by atoms with Crippen molar-refractivity contribution in [3.8, 4) is 0 Å². The lowest BCUT2D eigenvalue weighted by Crippen LogP contribution is -2.51. The fourth-order valence-corrected chi connectivity index (χ4v) is 4.96. The van der Waals surface area contributed by atoms with Gasteiger partial charge in [-0.25, -0.2) is 9.59 Å². The van der Waals surface area contributed by atoms with Crippen LogP contribution in [0.5, 0.6) is 0 Å². The standard InChI is InChI=1S/C21H34N2O4Si/c1-8-15-28(6,7)17-12-9-16(10-13-17)11-14-18(19(24)26-5)23(20(22)25)27-21(2,3)4/h8-10,12-13,18H,1,11,14-15H2,2-7H3,(H2,22,25). The number of methoxy groups -OCH3 is 1. The van der Waals surface area contributed by atoms with E-state index in [1.165, 1.54) is 12.3 Å². The minimum atomic E-state index is -1.51. The first-order valence-corrected chi connectivity index (χ1v) is 12.7. The second-order valence-corrected chi connectivity index (χ2v) is 13.3. The Labute approximate surface area is 169 Å². The van der Waals surface area contributed by atoms with Crippen molar-refractivity contribution < 1.29 is 19.2 Å². The molecule has 0 aromatic heterocycles. The molecule has 1 atom stereocenters. The zero-order valence-electron chi connectivity index (χ0n) is 18.0. The first-order chi connectivity index (χ1) is 12.9. The highest BCUT2D eigenvalue weighted by Gasteiger charge is 2.33. The molecule has 0 radical (unpaired) electrons. The SMILES string of the molecule is C=CC[Si](C)(C)c1ccc(CCC(C(=O)OC)N(OC(C)(C)C)C(N)=O)cc1. The van der Waals surface area contributed by atoms with Crippen LogP contribution < -0.4 is 10.9 Å². The Hall–Kier alpha value is -2.12. The quantitative estimate of drug-likeness (QED) is 0.295. The smallest absolute Gasteiger partial charge is 0.339 e. The van der Waals surface area contributed by atoms with Gasteiger partial charge >= 0.3 is 12.0 Å². The number of carbonyl (C=O) groups excluding carboxylic acids is 2. The molecule has 0 saturated carbocycles. The summed E-state index contributed by atoms with van der Waals surface area (Å²) in [6.07, 6.45) is 2.91. The van der Waals surface area contributed by atoms with Crippen LogP contribution in [0.3, 0.4) is 0 Å². The number of carbonyl (C=O) groups is 2. The largest absolute Gasteiger partial charge is 0.467 e. The van der Waals surface area contributed by atoms with Crippen molar-refractivity contribution >= 4 is 25.3 Å². The molecular weight excluding hydrogens is 372 g/mol. The van der Waals surface area contributed by atoms with Crippen LogP contribution in [0.25, 0.3) is 0 Å². The average Bonchev–Trinajstić information content (AvgIpc) is 2.59. The molecule has 2 N–H and O–H groups in total. The van der Waals surface area contributed by atoms with Crippen LogP contribution in [0, 0.1) is 0 Å². The number of ether oxygens (including phenoxy) is 1. The number of hydrogen-bond donors (Lipinski definition) is 1. The minimum absolute atomic E-state index is 0.346. The van der Waals surface area contributed by atoms with Gasteiger partial charge < -0.3 is 10.5 Å². The number of hydroxylamine groups is 2. The van der Waals surface area contributed by atoms with Crippen LogP contribution in [-0.2, 0) is 20.8 Å². The Morgan fingerprint density at radius 1 is 1.25 bits per heavy atom. The molecular formula is C21H34N2O4Si. The van der Waals surface area contributed by atoms with Crippen molar-refractivity contribution in [1.82, 2.24) is 5.06 Å². The zero-order chi connectivity index (χ0) is 21.5.